The summed E-state index contributed by atoms with van der Waals surface area (Å²) in [7, 11) is 1.70. The molecule has 7 heteroatoms. The fourth-order valence-electron chi connectivity index (χ4n) is 4.29. The first-order valence-corrected chi connectivity index (χ1v) is 11.3. The van der Waals surface area contributed by atoms with Crippen molar-refractivity contribution >= 4 is 17.7 Å². The predicted octanol–water partition coefficient (Wildman–Crippen LogP) is 2.95. The number of aromatic nitrogens is 3. The SMILES string of the molecule is Cn1nc(C2CCN(C(=O)CSC3CCCC3)CC2)n(-c2ccccc2)c1=O. The molecule has 2 heterocycles. The van der Waals surface area contributed by atoms with Gasteiger partial charge in [0.1, 0.15) is 5.82 Å². The van der Waals surface area contributed by atoms with Gasteiger partial charge in [0.05, 0.1) is 11.4 Å². The highest BCUT2D eigenvalue weighted by molar-refractivity contribution is 8.00. The zero-order valence-electron chi connectivity index (χ0n) is 16.4. The van der Waals surface area contributed by atoms with Crippen molar-refractivity contribution in [2.45, 2.75) is 49.7 Å². The van der Waals surface area contributed by atoms with Crippen molar-refractivity contribution in [3.05, 3.63) is 46.6 Å². The Morgan fingerprint density at radius 3 is 2.46 bits per heavy atom. The second-order valence-electron chi connectivity index (χ2n) is 7.81. The van der Waals surface area contributed by atoms with E-state index >= 15 is 0 Å². The van der Waals surface area contributed by atoms with Crippen LogP contribution in [0.25, 0.3) is 5.69 Å². The molecule has 0 N–H and O–H groups in total. The van der Waals surface area contributed by atoms with Gasteiger partial charge in [-0.3, -0.25) is 4.79 Å². The van der Waals surface area contributed by atoms with E-state index in [4.69, 9.17) is 0 Å². The summed E-state index contributed by atoms with van der Waals surface area (Å²) in [6, 6.07) is 9.68. The summed E-state index contributed by atoms with van der Waals surface area (Å²) in [4.78, 5) is 27.2. The molecule has 0 unspecified atom stereocenters. The molecule has 1 amide bonds. The van der Waals surface area contributed by atoms with E-state index in [1.165, 1.54) is 30.4 Å². The second-order valence-corrected chi connectivity index (χ2v) is 9.10. The Morgan fingerprint density at radius 2 is 1.79 bits per heavy atom. The number of rotatable bonds is 5. The molecule has 1 aliphatic carbocycles. The van der Waals surface area contributed by atoms with Crippen LogP contribution < -0.4 is 5.69 Å². The maximum atomic E-state index is 12.6. The average molecular weight is 401 g/mol. The van der Waals surface area contributed by atoms with E-state index in [-0.39, 0.29) is 17.5 Å². The number of carbonyl (C=O) groups is 1. The lowest BCUT2D eigenvalue weighted by molar-refractivity contribution is -0.129. The van der Waals surface area contributed by atoms with Crippen LogP contribution in [0.5, 0.6) is 0 Å². The summed E-state index contributed by atoms with van der Waals surface area (Å²) in [5.74, 6) is 1.87. The molecule has 0 spiro atoms. The normalized spacial score (nSPS) is 18.7. The molecule has 0 atom stereocenters. The molecule has 4 rings (SSSR count). The standard InChI is InChI=1S/C21H28N4O2S/c1-23-21(27)25(17-7-3-2-4-8-17)20(22-23)16-11-13-24(14-12-16)19(26)15-28-18-9-5-6-10-18/h2-4,7-8,16,18H,5-6,9-15H2,1H3. The van der Waals surface area contributed by atoms with Crippen LogP contribution in [-0.2, 0) is 11.8 Å². The summed E-state index contributed by atoms with van der Waals surface area (Å²) in [5, 5.41) is 5.20. The summed E-state index contributed by atoms with van der Waals surface area (Å²) in [6.45, 7) is 1.49. The monoisotopic (exact) mass is 400 g/mol. The number of benzene rings is 1. The lowest BCUT2D eigenvalue weighted by Crippen LogP contribution is -2.39. The Kier molecular flexibility index (Phi) is 5.90. The maximum Gasteiger partial charge on any atom is 0.350 e. The van der Waals surface area contributed by atoms with Gasteiger partial charge in [-0.2, -0.15) is 5.10 Å². The van der Waals surface area contributed by atoms with Crippen LogP contribution in [0.15, 0.2) is 35.1 Å². The summed E-state index contributed by atoms with van der Waals surface area (Å²) in [6.07, 6.45) is 6.84. The molecule has 0 radical (unpaired) electrons. The third-order valence-corrected chi connectivity index (χ3v) is 7.28. The van der Waals surface area contributed by atoms with Crippen LogP contribution in [-0.4, -0.2) is 49.2 Å². The minimum atomic E-state index is -0.118. The van der Waals surface area contributed by atoms with Crippen molar-refractivity contribution in [3.63, 3.8) is 0 Å². The number of hydrogen-bond donors (Lipinski definition) is 0. The zero-order chi connectivity index (χ0) is 19.5. The first kappa shape index (κ1) is 19.3. The van der Waals surface area contributed by atoms with E-state index in [2.05, 4.69) is 5.10 Å². The van der Waals surface area contributed by atoms with E-state index < -0.39 is 0 Å². The van der Waals surface area contributed by atoms with E-state index in [1.807, 2.05) is 47.0 Å². The number of aryl methyl sites for hydroxylation is 1. The van der Waals surface area contributed by atoms with Crippen molar-refractivity contribution in [3.8, 4) is 5.69 Å². The Labute approximate surface area is 169 Å². The largest absolute Gasteiger partial charge is 0.350 e. The maximum absolute atomic E-state index is 12.6. The summed E-state index contributed by atoms with van der Waals surface area (Å²) in [5.41, 5.74) is 0.731. The second kappa shape index (κ2) is 8.55. The third kappa shape index (κ3) is 4.04. The van der Waals surface area contributed by atoms with E-state index in [1.54, 1.807) is 11.6 Å². The van der Waals surface area contributed by atoms with Gasteiger partial charge in [0.25, 0.3) is 0 Å². The quantitative estimate of drug-likeness (QED) is 0.774. The van der Waals surface area contributed by atoms with Crippen LogP contribution in [0, 0.1) is 0 Å². The lowest BCUT2D eigenvalue weighted by atomic mass is 9.95. The van der Waals surface area contributed by atoms with Crippen LogP contribution in [0.4, 0.5) is 0 Å². The summed E-state index contributed by atoms with van der Waals surface area (Å²) >= 11 is 1.84. The number of piperidine rings is 1. The van der Waals surface area contributed by atoms with Gasteiger partial charge in [0.15, 0.2) is 0 Å². The van der Waals surface area contributed by atoms with Crippen molar-refractivity contribution < 1.29 is 4.79 Å². The molecule has 0 bridgehead atoms. The van der Waals surface area contributed by atoms with Crippen LogP contribution >= 0.6 is 11.8 Å². The zero-order valence-corrected chi connectivity index (χ0v) is 17.2. The molecular weight excluding hydrogens is 372 g/mol. The molecule has 28 heavy (non-hydrogen) atoms. The first-order valence-electron chi connectivity index (χ1n) is 10.2. The van der Waals surface area contributed by atoms with E-state index in [0.29, 0.717) is 11.0 Å². The fourth-order valence-corrected chi connectivity index (χ4v) is 5.52. The number of likely N-dealkylation sites (tertiary alicyclic amines) is 1. The van der Waals surface area contributed by atoms with Gasteiger partial charge in [-0.25, -0.2) is 14.0 Å². The first-order chi connectivity index (χ1) is 13.6. The van der Waals surface area contributed by atoms with Gasteiger partial charge in [-0.05, 0) is 37.8 Å². The smallest absolute Gasteiger partial charge is 0.342 e. The van der Waals surface area contributed by atoms with Crippen LogP contribution in [0.2, 0.25) is 0 Å². The van der Waals surface area contributed by atoms with Gasteiger partial charge in [-0.15, -0.1) is 11.8 Å². The molecule has 2 fully saturated rings. The molecule has 1 aromatic carbocycles. The Hall–Kier alpha value is -2.02. The van der Waals surface area contributed by atoms with Crippen molar-refractivity contribution in [2.24, 2.45) is 7.05 Å². The summed E-state index contributed by atoms with van der Waals surface area (Å²) < 4.78 is 3.14. The van der Waals surface area contributed by atoms with Gasteiger partial charge >= 0.3 is 5.69 Å². The van der Waals surface area contributed by atoms with Gasteiger partial charge < -0.3 is 4.90 Å². The van der Waals surface area contributed by atoms with Crippen molar-refractivity contribution in [2.75, 3.05) is 18.8 Å². The van der Waals surface area contributed by atoms with Crippen LogP contribution in [0.1, 0.15) is 50.3 Å². The number of amides is 1. The molecule has 150 valence electrons. The number of carbonyl (C=O) groups excluding carboxylic acids is 1. The third-order valence-electron chi connectivity index (χ3n) is 5.92. The van der Waals surface area contributed by atoms with E-state index in [0.717, 1.165) is 37.4 Å². The molecule has 6 nitrogen and oxygen atoms in total. The molecule has 1 aliphatic heterocycles. The molecule has 1 saturated carbocycles. The molecule has 2 aromatic rings. The minimum absolute atomic E-state index is 0.118. The Balaban J connectivity index is 1.41. The van der Waals surface area contributed by atoms with E-state index in [9.17, 15) is 9.59 Å². The highest BCUT2D eigenvalue weighted by atomic mass is 32.2. The molecule has 1 saturated heterocycles. The highest BCUT2D eigenvalue weighted by Crippen LogP contribution is 2.31. The van der Waals surface area contributed by atoms with Crippen LogP contribution in [0.3, 0.4) is 0 Å². The highest BCUT2D eigenvalue weighted by Gasteiger charge is 2.29. The number of para-hydroxylation sites is 1. The number of nitrogens with zero attached hydrogens (tertiary/aromatic N) is 4. The van der Waals surface area contributed by atoms with Gasteiger partial charge in [0.2, 0.25) is 5.91 Å². The van der Waals surface area contributed by atoms with Crippen molar-refractivity contribution in [1.29, 1.82) is 0 Å². The Morgan fingerprint density at radius 1 is 1.11 bits per heavy atom. The fraction of sp³-hybridized carbons (Fsp3) is 0.571. The number of thioether (sulfide) groups is 1. The minimum Gasteiger partial charge on any atom is -0.342 e. The number of hydrogen-bond acceptors (Lipinski definition) is 4. The van der Waals surface area contributed by atoms with Gasteiger partial charge in [-0.1, -0.05) is 31.0 Å². The molecule has 2 aliphatic rings. The molecular formula is C21H28N4O2S. The lowest BCUT2D eigenvalue weighted by Gasteiger charge is -2.31. The van der Waals surface area contributed by atoms with Gasteiger partial charge in [0, 0.05) is 31.3 Å². The predicted molar refractivity (Wildman–Crippen MR) is 112 cm³/mol. The molecule has 1 aromatic heterocycles. The Bertz CT molecular complexity index is 862. The van der Waals surface area contributed by atoms with Crippen molar-refractivity contribution in [1.82, 2.24) is 19.2 Å². The topological polar surface area (TPSA) is 60.1 Å². The average Bonchev–Trinajstić information content (AvgIpc) is 3.35.